The number of carbonyl (C=O) groups excluding carboxylic acids is 1. The molecule has 0 radical (unpaired) electrons. The van der Waals surface area contributed by atoms with Crippen molar-refractivity contribution in [2.75, 3.05) is 6.54 Å². The van der Waals surface area contributed by atoms with Crippen LogP contribution in [-0.4, -0.2) is 31.3 Å². The molecule has 4 aromatic carbocycles. The lowest BCUT2D eigenvalue weighted by molar-refractivity contribution is -0.151. The zero-order chi connectivity index (χ0) is 26.5. The second-order valence-electron chi connectivity index (χ2n) is 9.83. The van der Waals surface area contributed by atoms with E-state index in [2.05, 4.69) is 0 Å². The summed E-state index contributed by atoms with van der Waals surface area (Å²) in [6.45, 7) is 2.17. The minimum Gasteiger partial charge on any atom is -0.451 e. The molecule has 2 atom stereocenters. The highest BCUT2D eigenvalue weighted by Crippen LogP contribution is 2.35. The maximum Gasteiger partial charge on any atom is 0.325 e. The third-order valence-electron chi connectivity index (χ3n) is 7.05. The van der Waals surface area contributed by atoms with E-state index in [-0.39, 0.29) is 17.4 Å². The summed E-state index contributed by atoms with van der Waals surface area (Å²) in [6, 6.07) is 34.9. The molecule has 1 fully saturated rings. The van der Waals surface area contributed by atoms with Crippen LogP contribution in [0, 0.1) is 12.8 Å². The SMILES string of the molecule is Cc1ccc(S(=O)(=O)N2C[C@H](Cc3ccccc3)C[C@H]2C(=O)OC(c2ccccc2)c2ccccc2)cc1. The van der Waals surface area contributed by atoms with E-state index >= 15 is 0 Å². The van der Waals surface area contributed by atoms with Crippen LogP contribution >= 0.6 is 0 Å². The van der Waals surface area contributed by atoms with E-state index in [1.54, 1.807) is 24.3 Å². The number of nitrogens with zero attached hydrogens (tertiary/aromatic N) is 1. The number of hydrogen-bond donors (Lipinski definition) is 0. The molecule has 1 aliphatic rings. The summed E-state index contributed by atoms with van der Waals surface area (Å²) in [5.74, 6) is -0.545. The fraction of sp³-hybridized carbons (Fsp3) is 0.219. The zero-order valence-electron chi connectivity index (χ0n) is 21.3. The van der Waals surface area contributed by atoms with Crippen LogP contribution in [0.2, 0.25) is 0 Å². The lowest BCUT2D eigenvalue weighted by Gasteiger charge is -2.26. The number of sulfonamides is 1. The standard InChI is InChI=1S/C32H31NO4S/c1-24-17-19-29(20-18-24)38(35,36)33-23-26(21-25-11-5-2-6-12-25)22-30(33)32(34)37-31(27-13-7-3-8-14-27)28-15-9-4-10-16-28/h2-20,26,30-31H,21-23H2,1H3/t26-,30+/m1/s1. The monoisotopic (exact) mass is 525 g/mol. The Bertz CT molecular complexity index is 1420. The number of esters is 1. The Hall–Kier alpha value is -3.74. The summed E-state index contributed by atoms with van der Waals surface area (Å²) < 4.78 is 35.1. The van der Waals surface area contributed by atoms with E-state index in [1.807, 2.05) is 97.9 Å². The summed E-state index contributed by atoms with van der Waals surface area (Å²) >= 11 is 0. The van der Waals surface area contributed by atoms with Gasteiger partial charge in [-0.05, 0) is 54.5 Å². The first-order valence-electron chi connectivity index (χ1n) is 12.8. The molecule has 38 heavy (non-hydrogen) atoms. The first kappa shape index (κ1) is 25.9. The van der Waals surface area contributed by atoms with Gasteiger partial charge in [-0.15, -0.1) is 0 Å². The van der Waals surface area contributed by atoms with Crippen molar-refractivity contribution in [1.82, 2.24) is 4.31 Å². The second kappa shape index (κ2) is 11.3. The topological polar surface area (TPSA) is 63.7 Å². The Morgan fingerprint density at radius 3 is 1.89 bits per heavy atom. The average Bonchev–Trinajstić information content (AvgIpc) is 3.38. The van der Waals surface area contributed by atoms with Crippen LogP contribution in [0.4, 0.5) is 0 Å². The molecular weight excluding hydrogens is 494 g/mol. The van der Waals surface area contributed by atoms with Gasteiger partial charge in [0.2, 0.25) is 10.0 Å². The molecule has 5 rings (SSSR count). The molecule has 1 aliphatic heterocycles. The fourth-order valence-electron chi connectivity index (χ4n) is 5.09. The first-order valence-corrected chi connectivity index (χ1v) is 14.3. The van der Waals surface area contributed by atoms with Gasteiger partial charge in [-0.1, -0.05) is 109 Å². The van der Waals surface area contributed by atoms with Crippen molar-refractivity contribution < 1.29 is 17.9 Å². The number of aryl methyl sites for hydroxylation is 1. The third kappa shape index (κ3) is 5.72. The predicted octanol–water partition coefficient (Wildman–Crippen LogP) is 5.95. The van der Waals surface area contributed by atoms with Gasteiger partial charge in [-0.3, -0.25) is 4.79 Å². The highest BCUT2D eigenvalue weighted by molar-refractivity contribution is 7.89. The molecule has 194 valence electrons. The number of hydrogen-bond acceptors (Lipinski definition) is 4. The molecule has 0 bridgehead atoms. The van der Waals surface area contributed by atoms with Crippen LogP contribution in [0.1, 0.15) is 34.8 Å². The van der Waals surface area contributed by atoms with Gasteiger partial charge in [-0.25, -0.2) is 8.42 Å². The van der Waals surface area contributed by atoms with E-state index in [4.69, 9.17) is 4.74 Å². The van der Waals surface area contributed by atoms with E-state index in [1.165, 1.54) is 4.31 Å². The molecule has 5 nitrogen and oxygen atoms in total. The average molecular weight is 526 g/mol. The van der Waals surface area contributed by atoms with Crippen LogP contribution in [-0.2, 0) is 26.0 Å². The maximum atomic E-state index is 13.8. The van der Waals surface area contributed by atoms with Crippen molar-refractivity contribution in [3.05, 3.63) is 138 Å². The van der Waals surface area contributed by atoms with Crippen molar-refractivity contribution in [1.29, 1.82) is 0 Å². The van der Waals surface area contributed by atoms with Crippen molar-refractivity contribution >= 4 is 16.0 Å². The molecule has 1 saturated heterocycles. The van der Waals surface area contributed by atoms with Gasteiger partial charge >= 0.3 is 5.97 Å². The third-order valence-corrected chi connectivity index (χ3v) is 8.94. The predicted molar refractivity (Wildman–Crippen MR) is 148 cm³/mol. The molecule has 1 heterocycles. The fourth-order valence-corrected chi connectivity index (χ4v) is 6.75. The molecule has 4 aromatic rings. The Morgan fingerprint density at radius 2 is 1.34 bits per heavy atom. The zero-order valence-corrected chi connectivity index (χ0v) is 22.1. The van der Waals surface area contributed by atoms with Gasteiger partial charge in [0, 0.05) is 6.54 Å². The Kier molecular flexibility index (Phi) is 7.72. The molecule has 0 aromatic heterocycles. The number of benzene rings is 4. The molecule has 0 aliphatic carbocycles. The van der Waals surface area contributed by atoms with Gasteiger partial charge in [0.25, 0.3) is 0 Å². The van der Waals surface area contributed by atoms with E-state index in [9.17, 15) is 13.2 Å². The van der Waals surface area contributed by atoms with Crippen LogP contribution in [0.25, 0.3) is 0 Å². The number of rotatable bonds is 8. The quantitative estimate of drug-likeness (QED) is 0.267. The Balaban J connectivity index is 1.46. The van der Waals surface area contributed by atoms with Crippen LogP contribution in [0.5, 0.6) is 0 Å². The molecule has 0 spiro atoms. The molecule has 0 N–H and O–H groups in total. The molecule has 0 saturated carbocycles. The number of ether oxygens (including phenoxy) is 1. The minimum atomic E-state index is -3.91. The summed E-state index contributed by atoms with van der Waals surface area (Å²) in [6.07, 6.45) is 0.447. The summed E-state index contributed by atoms with van der Waals surface area (Å²) in [4.78, 5) is 14.0. The highest BCUT2D eigenvalue weighted by atomic mass is 32.2. The lowest BCUT2D eigenvalue weighted by Crippen LogP contribution is -2.41. The summed E-state index contributed by atoms with van der Waals surface area (Å²) in [5, 5.41) is 0. The second-order valence-corrected chi connectivity index (χ2v) is 11.7. The van der Waals surface area contributed by atoms with E-state index < -0.39 is 28.1 Å². The first-order chi connectivity index (χ1) is 18.4. The summed E-state index contributed by atoms with van der Waals surface area (Å²) in [5.41, 5.74) is 3.75. The Morgan fingerprint density at radius 1 is 0.816 bits per heavy atom. The van der Waals surface area contributed by atoms with Crippen LogP contribution in [0.3, 0.4) is 0 Å². The number of carbonyl (C=O) groups is 1. The van der Waals surface area contributed by atoms with Gasteiger partial charge in [0.05, 0.1) is 4.90 Å². The van der Waals surface area contributed by atoms with Gasteiger partial charge in [0.1, 0.15) is 6.04 Å². The van der Waals surface area contributed by atoms with Gasteiger partial charge < -0.3 is 4.74 Å². The highest BCUT2D eigenvalue weighted by Gasteiger charge is 2.45. The normalized spacial score (nSPS) is 17.9. The minimum absolute atomic E-state index is 0.0120. The maximum absolute atomic E-state index is 13.8. The molecule has 6 heteroatoms. The van der Waals surface area contributed by atoms with Crippen LogP contribution in [0.15, 0.2) is 120 Å². The Labute approximate surface area is 224 Å². The van der Waals surface area contributed by atoms with Crippen molar-refractivity contribution in [2.45, 2.75) is 36.8 Å². The van der Waals surface area contributed by atoms with Crippen molar-refractivity contribution in [2.24, 2.45) is 5.92 Å². The van der Waals surface area contributed by atoms with Crippen molar-refractivity contribution in [3.8, 4) is 0 Å². The molecular formula is C32H31NO4S. The van der Waals surface area contributed by atoms with Gasteiger partial charge in [-0.2, -0.15) is 4.31 Å². The van der Waals surface area contributed by atoms with Crippen molar-refractivity contribution in [3.63, 3.8) is 0 Å². The molecule has 0 amide bonds. The largest absolute Gasteiger partial charge is 0.451 e. The van der Waals surface area contributed by atoms with Crippen LogP contribution < -0.4 is 0 Å². The summed E-state index contributed by atoms with van der Waals surface area (Å²) in [7, 11) is -3.91. The van der Waals surface area contributed by atoms with E-state index in [0.29, 0.717) is 12.8 Å². The van der Waals surface area contributed by atoms with Gasteiger partial charge in [0.15, 0.2) is 6.10 Å². The van der Waals surface area contributed by atoms with E-state index in [0.717, 1.165) is 22.3 Å². The lowest BCUT2D eigenvalue weighted by atomic mass is 9.96. The smallest absolute Gasteiger partial charge is 0.325 e. The molecule has 0 unspecified atom stereocenters.